The van der Waals surface area contributed by atoms with E-state index in [1.807, 2.05) is 6.92 Å². The molecule has 1 saturated carbocycles. The third-order valence-corrected chi connectivity index (χ3v) is 6.32. The van der Waals surface area contributed by atoms with Crippen molar-refractivity contribution in [1.29, 1.82) is 0 Å². The maximum atomic E-state index is 11.2. The zero-order valence-electron chi connectivity index (χ0n) is 15.6. The Labute approximate surface area is 147 Å². The fourth-order valence-corrected chi connectivity index (χ4v) is 5.43. The largest absolute Gasteiger partial charge is 0.464 e. The van der Waals surface area contributed by atoms with Crippen molar-refractivity contribution in [2.45, 2.75) is 71.4 Å². The summed E-state index contributed by atoms with van der Waals surface area (Å²) in [6.07, 6.45) is 9.49. The monoisotopic (exact) mass is 334 g/mol. The molecule has 4 heteroatoms. The molecule has 1 aliphatic heterocycles. The Kier molecular flexibility index (Phi) is 5.85. The summed E-state index contributed by atoms with van der Waals surface area (Å²) in [7, 11) is 0. The molecule has 2 fully saturated rings. The number of hydrogen-bond acceptors (Lipinski definition) is 4. The van der Waals surface area contributed by atoms with Crippen LogP contribution in [0.5, 0.6) is 0 Å². The highest BCUT2D eigenvalue weighted by Gasteiger charge is 2.49. The van der Waals surface area contributed by atoms with Gasteiger partial charge in [-0.05, 0) is 50.9 Å². The Morgan fingerprint density at radius 3 is 2.96 bits per heavy atom. The quantitative estimate of drug-likeness (QED) is 0.597. The Morgan fingerprint density at radius 1 is 1.38 bits per heavy atom. The molecule has 4 nitrogen and oxygen atoms in total. The first-order valence-corrected chi connectivity index (χ1v) is 10.0. The molecule has 0 spiro atoms. The molecule has 1 heterocycles. The molecular weight excluding hydrogens is 300 g/mol. The van der Waals surface area contributed by atoms with Crippen LogP contribution in [0.1, 0.15) is 59.3 Å². The van der Waals surface area contributed by atoms with Crippen LogP contribution < -0.4 is 5.32 Å². The lowest BCUT2D eigenvalue weighted by molar-refractivity contribution is -0.143. The van der Waals surface area contributed by atoms with E-state index in [2.05, 4.69) is 30.1 Å². The van der Waals surface area contributed by atoms with E-state index in [4.69, 9.17) is 4.74 Å². The van der Waals surface area contributed by atoms with Gasteiger partial charge in [0.15, 0.2) is 0 Å². The zero-order chi connectivity index (χ0) is 17.1. The molecule has 0 radical (unpaired) electrons. The van der Waals surface area contributed by atoms with Gasteiger partial charge in [0.25, 0.3) is 0 Å². The number of rotatable bonds is 6. The van der Waals surface area contributed by atoms with Crippen molar-refractivity contribution < 1.29 is 9.53 Å². The number of nitrogens with one attached hydrogen (secondary N) is 1. The number of ether oxygens (including phenoxy) is 1. The molecule has 0 amide bonds. The van der Waals surface area contributed by atoms with Crippen molar-refractivity contribution in [3.8, 4) is 0 Å². The van der Waals surface area contributed by atoms with Crippen LogP contribution in [0.3, 0.4) is 0 Å². The van der Waals surface area contributed by atoms with Crippen LogP contribution in [0.4, 0.5) is 0 Å². The van der Waals surface area contributed by atoms with E-state index in [1.165, 1.54) is 32.1 Å². The van der Waals surface area contributed by atoms with Crippen molar-refractivity contribution in [1.82, 2.24) is 10.2 Å². The number of hydrogen-bond donors (Lipinski definition) is 1. The molecule has 0 aromatic heterocycles. The number of nitrogens with zero attached hydrogens (tertiary/aromatic N) is 1. The predicted octanol–water partition coefficient (Wildman–Crippen LogP) is 3.33. The maximum Gasteiger partial charge on any atom is 0.305 e. The molecule has 24 heavy (non-hydrogen) atoms. The number of allylic oxidation sites excluding steroid dienone is 2. The topological polar surface area (TPSA) is 41.6 Å². The molecule has 3 aliphatic rings. The van der Waals surface area contributed by atoms with Gasteiger partial charge < -0.3 is 15.0 Å². The van der Waals surface area contributed by atoms with Crippen molar-refractivity contribution >= 4 is 5.97 Å². The van der Waals surface area contributed by atoms with Gasteiger partial charge in [-0.3, -0.25) is 4.79 Å². The van der Waals surface area contributed by atoms with Crippen LogP contribution in [0.2, 0.25) is 0 Å². The van der Waals surface area contributed by atoms with Crippen molar-refractivity contribution in [3.63, 3.8) is 0 Å². The van der Waals surface area contributed by atoms with Crippen molar-refractivity contribution in [2.24, 2.45) is 17.8 Å². The normalized spacial score (nSPS) is 35.2. The first-order chi connectivity index (χ1) is 11.7. The summed E-state index contributed by atoms with van der Waals surface area (Å²) in [4.78, 5) is 14.0. The van der Waals surface area contributed by atoms with Crippen LogP contribution >= 0.6 is 0 Å². The Morgan fingerprint density at radius 2 is 2.21 bits per heavy atom. The summed E-state index contributed by atoms with van der Waals surface area (Å²) in [5, 5.41) is 3.66. The second kappa shape index (κ2) is 7.90. The molecule has 0 aromatic carbocycles. The minimum atomic E-state index is -0.0970. The van der Waals surface area contributed by atoms with E-state index in [0.29, 0.717) is 19.1 Å². The summed E-state index contributed by atoms with van der Waals surface area (Å²) in [5.41, 5.74) is 1.66. The van der Waals surface area contributed by atoms with E-state index in [-0.39, 0.29) is 5.97 Å². The number of esters is 1. The number of carbonyl (C=O) groups excluding carboxylic acids is 1. The smallest absolute Gasteiger partial charge is 0.305 e. The molecule has 5 atom stereocenters. The predicted molar refractivity (Wildman–Crippen MR) is 96.5 cm³/mol. The lowest BCUT2D eigenvalue weighted by Gasteiger charge is -2.41. The lowest BCUT2D eigenvalue weighted by atomic mass is 9.70. The van der Waals surface area contributed by atoms with E-state index in [9.17, 15) is 4.79 Å². The Bertz CT molecular complexity index is 476. The van der Waals surface area contributed by atoms with Crippen molar-refractivity contribution in [3.05, 3.63) is 11.8 Å². The fraction of sp³-hybridized carbons (Fsp3) is 0.850. The van der Waals surface area contributed by atoms with Crippen LogP contribution in [-0.2, 0) is 9.53 Å². The SMILES string of the molecule is CCC(=O)OCCNC1CC(C)C2C(C1)C1CCCC=C1N2CC. The number of fused-ring (bicyclic) bond motifs is 3. The van der Waals surface area contributed by atoms with Gasteiger partial charge in [0.1, 0.15) is 6.61 Å². The van der Waals surface area contributed by atoms with E-state index in [1.54, 1.807) is 5.70 Å². The second-order valence-corrected chi connectivity index (χ2v) is 7.78. The molecule has 136 valence electrons. The maximum absolute atomic E-state index is 11.2. The van der Waals surface area contributed by atoms with Gasteiger partial charge in [-0.1, -0.05) is 19.9 Å². The van der Waals surface area contributed by atoms with Gasteiger partial charge in [-0.25, -0.2) is 0 Å². The van der Waals surface area contributed by atoms with Crippen LogP contribution in [-0.4, -0.2) is 42.6 Å². The summed E-state index contributed by atoms with van der Waals surface area (Å²) in [6, 6.07) is 1.31. The van der Waals surface area contributed by atoms with Crippen LogP contribution in [0.15, 0.2) is 11.8 Å². The van der Waals surface area contributed by atoms with Crippen molar-refractivity contribution in [2.75, 3.05) is 19.7 Å². The average Bonchev–Trinajstić information content (AvgIpc) is 2.93. The van der Waals surface area contributed by atoms with Gasteiger partial charge in [0, 0.05) is 43.2 Å². The van der Waals surface area contributed by atoms with Crippen LogP contribution in [0, 0.1) is 17.8 Å². The minimum Gasteiger partial charge on any atom is -0.464 e. The van der Waals surface area contributed by atoms with Gasteiger partial charge in [-0.15, -0.1) is 0 Å². The number of likely N-dealkylation sites (tertiary alicyclic amines) is 1. The molecule has 3 rings (SSSR count). The van der Waals surface area contributed by atoms with E-state index in [0.717, 1.165) is 36.9 Å². The first kappa shape index (κ1) is 17.8. The molecule has 1 saturated heterocycles. The lowest BCUT2D eigenvalue weighted by Crippen LogP contribution is -2.48. The Balaban J connectivity index is 1.59. The van der Waals surface area contributed by atoms with Crippen LogP contribution in [0.25, 0.3) is 0 Å². The highest BCUT2D eigenvalue weighted by Crippen LogP contribution is 2.50. The third-order valence-electron chi connectivity index (χ3n) is 6.32. The highest BCUT2D eigenvalue weighted by atomic mass is 16.5. The molecule has 0 bridgehead atoms. The molecule has 0 aromatic rings. The third kappa shape index (κ3) is 3.49. The number of carbonyl (C=O) groups is 1. The van der Waals surface area contributed by atoms with E-state index >= 15 is 0 Å². The molecule has 1 N–H and O–H groups in total. The first-order valence-electron chi connectivity index (χ1n) is 10.0. The summed E-state index contributed by atoms with van der Waals surface area (Å²) < 4.78 is 5.20. The molecule has 2 aliphatic carbocycles. The van der Waals surface area contributed by atoms with Gasteiger partial charge in [-0.2, -0.15) is 0 Å². The van der Waals surface area contributed by atoms with Gasteiger partial charge in [0.2, 0.25) is 0 Å². The summed E-state index contributed by atoms with van der Waals surface area (Å²) in [5.74, 6) is 2.22. The standard InChI is InChI=1S/C20H34N2O2/c1-4-19(23)24-11-10-21-15-12-14(3)20-17(13-15)16-8-6-7-9-18(16)22(20)5-2/h9,14-17,20-21H,4-8,10-13H2,1-3H3. The minimum absolute atomic E-state index is 0.0970. The zero-order valence-corrected chi connectivity index (χ0v) is 15.6. The molecular formula is C20H34N2O2. The Hall–Kier alpha value is -1.03. The summed E-state index contributed by atoms with van der Waals surface area (Å²) in [6.45, 7) is 9.02. The average molecular weight is 335 g/mol. The fourth-order valence-electron chi connectivity index (χ4n) is 5.43. The van der Waals surface area contributed by atoms with Gasteiger partial charge in [0.05, 0.1) is 0 Å². The van der Waals surface area contributed by atoms with E-state index < -0.39 is 0 Å². The van der Waals surface area contributed by atoms with Gasteiger partial charge >= 0.3 is 5.97 Å². The summed E-state index contributed by atoms with van der Waals surface area (Å²) >= 11 is 0. The molecule has 5 unspecified atom stereocenters. The highest BCUT2D eigenvalue weighted by molar-refractivity contribution is 5.68. The second-order valence-electron chi connectivity index (χ2n) is 7.78.